The maximum absolute atomic E-state index is 13.0. The third kappa shape index (κ3) is 6.06. The molecule has 3 aromatic carbocycles. The predicted octanol–water partition coefficient (Wildman–Crippen LogP) is 6.93. The second kappa shape index (κ2) is 11.4. The van der Waals surface area contributed by atoms with Crippen LogP contribution in [0.1, 0.15) is 30.7 Å². The molecule has 2 heterocycles. The molecule has 0 unspecified atom stereocenters. The van der Waals surface area contributed by atoms with Crippen molar-refractivity contribution < 1.29 is 9.21 Å². The average molecular weight is 555 g/mol. The number of carbonyl (C=O) groups excluding carboxylic acids is 1. The first-order chi connectivity index (χ1) is 18.1. The van der Waals surface area contributed by atoms with Gasteiger partial charge in [-0.15, -0.1) is 0 Å². The minimum absolute atomic E-state index is 0.0219. The standard InChI is InChI=1S/C30H27BrN4O2/c1-21(22-9-3-2-4-10-22)32-28(36)16-17-35(20-25-13-8-18-37-25)30-26-14-5-6-15-27(26)33-29(34-30)23-11-7-12-24(31)19-23/h2-15,18-19,21H,16-17,20H2,1H3,(H,32,36)/t21-/m1/s1. The lowest BCUT2D eigenvalue weighted by Crippen LogP contribution is -2.32. The van der Waals surface area contributed by atoms with Gasteiger partial charge in [-0.3, -0.25) is 4.79 Å². The summed E-state index contributed by atoms with van der Waals surface area (Å²) >= 11 is 3.55. The molecule has 186 valence electrons. The molecule has 0 spiro atoms. The summed E-state index contributed by atoms with van der Waals surface area (Å²) in [5.41, 5.74) is 2.83. The van der Waals surface area contributed by atoms with Crippen LogP contribution < -0.4 is 10.2 Å². The largest absolute Gasteiger partial charge is 0.467 e. The van der Waals surface area contributed by atoms with Gasteiger partial charge in [-0.2, -0.15) is 0 Å². The molecule has 1 atom stereocenters. The summed E-state index contributed by atoms with van der Waals surface area (Å²) < 4.78 is 6.62. The summed E-state index contributed by atoms with van der Waals surface area (Å²) in [6, 6.07) is 29.6. The molecule has 0 aliphatic rings. The highest BCUT2D eigenvalue weighted by atomic mass is 79.9. The lowest BCUT2D eigenvalue weighted by Gasteiger charge is -2.25. The van der Waals surface area contributed by atoms with Crippen LogP contribution >= 0.6 is 15.9 Å². The van der Waals surface area contributed by atoms with Crippen LogP contribution in [0, 0.1) is 0 Å². The SMILES string of the molecule is C[C@@H](NC(=O)CCN(Cc1ccco1)c1nc(-c2cccc(Br)c2)nc2ccccc12)c1ccccc1. The van der Waals surface area contributed by atoms with Gasteiger partial charge >= 0.3 is 0 Å². The number of para-hydroxylation sites is 1. The molecular formula is C30H27BrN4O2. The molecule has 5 rings (SSSR count). The maximum atomic E-state index is 13.0. The van der Waals surface area contributed by atoms with Gasteiger partial charge in [0.05, 0.1) is 24.4 Å². The number of nitrogens with one attached hydrogen (secondary N) is 1. The highest BCUT2D eigenvalue weighted by molar-refractivity contribution is 9.10. The van der Waals surface area contributed by atoms with Crippen LogP contribution in [0.4, 0.5) is 5.82 Å². The normalized spacial score (nSPS) is 11.8. The summed E-state index contributed by atoms with van der Waals surface area (Å²) in [6.45, 7) is 2.94. The number of carbonyl (C=O) groups is 1. The molecule has 1 N–H and O–H groups in total. The van der Waals surface area contributed by atoms with E-state index in [2.05, 4.69) is 26.1 Å². The van der Waals surface area contributed by atoms with Crippen LogP contribution in [0.25, 0.3) is 22.3 Å². The first-order valence-corrected chi connectivity index (χ1v) is 13.0. The first-order valence-electron chi connectivity index (χ1n) is 12.2. The van der Waals surface area contributed by atoms with Gasteiger partial charge in [0.15, 0.2) is 5.82 Å². The summed E-state index contributed by atoms with van der Waals surface area (Å²) in [7, 11) is 0. The van der Waals surface area contributed by atoms with E-state index in [0.717, 1.165) is 38.1 Å². The van der Waals surface area contributed by atoms with Crippen molar-refractivity contribution in [1.29, 1.82) is 0 Å². The molecule has 0 aliphatic heterocycles. The molecular weight excluding hydrogens is 528 g/mol. The molecule has 37 heavy (non-hydrogen) atoms. The van der Waals surface area contributed by atoms with E-state index in [1.165, 1.54) is 0 Å². The number of aromatic nitrogens is 2. The van der Waals surface area contributed by atoms with E-state index in [1.807, 2.05) is 97.9 Å². The number of fused-ring (bicyclic) bond motifs is 1. The van der Waals surface area contributed by atoms with Crippen LogP contribution in [0.2, 0.25) is 0 Å². The van der Waals surface area contributed by atoms with Crippen LogP contribution in [-0.4, -0.2) is 22.4 Å². The molecule has 0 saturated heterocycles. The number of furan rings is 1. The number of amides is 1. The van der Waals surface area contributed by atoms with Crippen molar-refractivity contribution in [2.24, 2.45) is 0 Å². The maximum Gasteiger partial charge on any atom is 0.222 e. The molecule has 5 aromatic rings. The highest BCUT2D eigenvalue weighted by Crippen LogP contribution is 2.30. The van der Waals surface area contributed by atoms with Crippen molar-refractivity contribution in [3.8, 4) is 11.4 Å². The highest BCUT2D eigenvalue weighted by Gasteiger charge is 2.19. The number of nitrogens with zero attached hydrogens (tertiary/aromatic N) is 3. The Morgan fingerprint density at radius 3 is 2.57 bits per heavy atom. The van der Waals surface area contributed by atoms with Gasteiger partial charge in [-0.1, -0.05) is 70.5 Å². The lowest BCUT2D eigenvalue weighted by atomic mass is 10.1. The fourth-order valence-electron chi connectivity index (χ4n) is 4.28. The van der Waals surface area contributed by atoms with E-state index in [4.69, 9.17) is 14.4 Å². The van der Waals surface area contributed by atoms with Gasteiger partial charge < -0.3 is 14.6 Å². The fourth-order valence-corrected chi connectivity index (χ4v) is 4.68. The fraction of sp³-hybridized carbons (Fsp3) is 0.167. The van der Waals surface area contributed by atoms with Crippen LogP contribution in [0.3, 0.4) is 0 Å². The second-order valence-electron chi connectivity index (χ2n) is 8.85. The van der Waals surface area contributed by atoms with E-state index in [-0.39, 0.29) is 11.9 Å². The molecule has 2 aromatic heterocycles. The van der Waals surface area contributed by atoms with Gasteiger partial charge in [-0.05, 0) is 48.9 Å². The number of hydrogen-bond donors (Lipinski definition) is 1. The third-order valence-corrected chi connectivity index (χ3v) is 6.67. The Labute approximate surface area is 224 Å². The Bertz CT molecular complexity index is 1490. The van der Waals surface area contributed by atoms with E-state index in [9.17, 15) is 4.79 Å². The summed E-state index contributed by atoms with van der Waals surface area (Å²) in [4.78, 5) is 24.9. The molecule has 0 aliphatic carbocycles. The predicted molar refractivity (Wildman–Crippen MR) is 150 cm³/mol. The van der Waals surface area contributed by atoms with Gasteiger partial charge in [0.25, 0.3) is 0 Å². The number of halogens is 1. The van der Waals surface area contributed by atoms with E-state index >= 15 is 0 Å². The van der Waals surface area contributed by atoms with Gasteiger partial charge in [0, 0.05) is 28.4 Å². The van der Waals surface area contributed by atoms with E-state index in [1.54, 1.807) is 6.26 Å². The number of rotatable bonds is 9. The summed E-state index contributed by atoms with van der Waals surface area (Å²) in [5.74, 6) is 2.17. The first kappa shape index (κ1) is 24.7. The van der Waals surface area contributed by atoms with Crippen molar-refractivity contribution in [2.45, 2.75) is 25.9 Å². The minimum Gasteiger partial charge on any atom is -0.467 e. The molecule has 6 nitrogen and oxygen atoms in total. The van der Waals surface area contributed by atoms with Crippen LogP contribution in [-0.2, 0) is 11.3 Å². The quantitative estimate of drug-likeness (QED) is 0.214. The van der Waals surface area contributed by atoms with Crippen LogP contribution in [0.5, 0.6) is 0 Å². The minimum atomic E-state index is -0.0739. The Morgan fingerprint density at radius 2 is 1.78 bits per heavy atom. The van der Waals surface area contributed by atoms with Gasteiger partial charge in [0.1, 0.15) is 11.6 Å². The van der Waals surface area contributed by atoms with E-state index in [0.29, 0.717) is 25.3 Å². The molecule has 0 saturated carbocycles. The van der Waals surface area contributed by atoms with E-state index < -0.39 is 0 Å². The molecule has 0 bridgehead atoms. The van der Waals surface area contributed by atoms with Crippen molar-refractivity contribution in [1.82, 2.24) is 15.3 Å². The monoisotopic (exact) mass is 554 g/mol. The van der Waals surface area contributed by atoms with Crippen molar-refractivity contribution in [2.75, 3.05) is 11.4 Å². The topological polar surface area (TPSA) is 71.3 Å². The summed E-state index contributed by atoms with van der Waals surface area (Å²) in [5, 5.41) is 4.04. The third-order valence-electron chi connectivity index (χ3n) is 6.18. The smallest absolute Gasteiger partial charge is 0.222 e. The van der Waals surface area contributed by atoms with Crippen LogP contribution in [0.15, 0.2) is 106 Å². The zero-order valence-corrected chi connectivity index (χ0v) is 22.1. The number of anilines is 1. The molecule has 1 amide bonds. The number of hydrogen-bond acceptors (Lipinski definition) is 5. The Hall–Kier alpha value is -3.97. The molecule has 7 heteroatoms. The molecule has 0 radical (unpaired) electrons. The molecule has 0 fully saturated rings. The summed E-state index contributed by atoms with van der Waals surface area (Å²) in [6.07, 6.45) is 1.97. The second-order valence-corrected chi connectivity index (χ2v) is 9.76. The van der Waals surface area contributed by atoms with Crippen molar-refractivity contribution in [3.63, 3.8) is 0 Å². The lowest BCUT2D eigenvalue weighted by molar-refractivity contribution is -0.121. The Kier molecular flexibility index (Phi) is 7.61. The van der Waals surface area contributed by atoms with Crippen molar-refractivity contribution in [3.05, 3.63) is 113 Å². The Morgan fingerprint density at radius 1 is 0.973 bits per heavy atom. The van der Waals surface area contributed by atoms with Gasteiger partial charge in [-0.25, -0.2) is 9.97 Å². The van der Waals surface area contributed by atoms with Crippen molar-refractivity contribution >= 4 is 38.6 Å². The van der Waals surface area contributed by atoms with Gasteiger partial charge in [0.2, 0.25) is 5.91 Å². The Balaban J connectivity index is 1.45. The average Bonchev–Trinajstić information content (AvgIpc) is 3.44. The zero-order valence-electron chi connectivity index (χ0n) is 20.5. The number of benzene rings is 3. The zero-order chi connectivity index (χ0) is 25.6.